The van der Waals surface area contributed by atoms with Gasteiger partial charge in [0.15, 0.2) is 0 Å². The molecule has 0 aromatic heterocycles. The van der Waals surface area contributed by atoms with Crippen LogP contribution in [0.5, 0.6) is 5.75 Å². The maximum absolute atomic E-state index is 13.3. The van der Waals surface area contributed by atoms with Crippen LogP contribution in [0.25, 0.3) is 0 Å². The Labute approximate surface area is 113 Å². The smallest absolute Gasteiger partial charge is 0.123 e. The second-order valence-corrected chi connectivity index (χ2v) is 5.73. The minimum Gasteiger partial charge on any atom is -0.496 e. The molecule has 1 aromatic carbocycles. The lowest BCUT2D eigenvalue weighted by Crippen LogP contribution is -2.20. The van der Waals surface area contributed by atoms with E-state index in [1.165, 1.54) is 6.07 Å². The zero-order valence-electron chi connectivity index (χ0n) is 11.5. The minimum absolute atomic E-state index is 0.111. The van der Waals surface area contributed by atoms with Gasteiger partial charge in [-0.05, 0) is 36.9 Å². The van der Waals surface area contributed by atoms with Crippen molar-refractivity contribution in [2.24, 2.45) is 5.92 Å². The van der Waals surface area contributed by atoms with Gasteiger partial charge >= 0.3 is 0 Å². The van der Waals surface area contributed by atoms with Crippen molar-refractivity contribution >= 4 is 11.8 Å². The number of nitrogens with one attached hydrogen (secondary N) is 1. The van der Waals surface area contributed by atoms with E-state index in [-0.39, 0.29) is 11.9 Å². The van der Waals surface area contributed by atoms with E-state index in [9.17, 15) is 4.39 Å². The van der Waals surface area contributed by atoms with Crippen LogP contribution in [0.2, 0.25) is 0 Å². The van der Waals surface area contributed by atoms with Gasteiger partial charge < -0.3 is 10.1 Å². The average molecular weight is 271 g/mol. The van der Waals surface area contributed by atoms with Gasteiger partial charge in [-0.15, -0.1) is 0 Å². The first-order valence-corrected chi connectivity index (χ1v) is 7.32. The molecule has 18 heavy (non-hydrogen) atoms. The highest BCUT2D eigenvalue weighted by Crippen LogP contribution is 2.28. The summed E-state index contributed by atoms with van der Waals surface area (Å²) in [5, 5.41) is 3.23. The third-order valence-corrected chi connectivity index (χ3v) is 4.12. The van der Waals surface area contributed by atoms with Crippen LogP contribution in [0.3, 0.4) is 0 Å². The summed E-state index contributed by atoms with van der Waals surface area (Å²) in [5.41, 5.74) is 0.885. The number of methoxy groups -OCH3 is 1. The molecule has 0 aliphatic carbocycles. The molecule has 1 atom stereocenters. The van der Waals surface area contributed by atoms with E-state index in [1.54, 1.807) is 19.2 Å². The third kappa shape index (κ3) is 4.50. The molecule has 0 radical (unpaired) electrons. The summed E-state index contributed by atoms with van der Waals surface area (Å²) in [7, 11) is 3.51. The fourth-order valence-electron chi connectivity index (χ4n) is 1.73. The van der Waals surface area contributed by atoms with E-state index in [2.05, 4.69) is 19.2 Å². The Morgan fingerprint density at radius 1 is 1.33 bits per heavy atom. The van der Waals surface area contributed by atoms with Crippen LogP contribution >= 0.6 is 11.8 Å². The van der Waals surface area contributed by atoms with E-state index in [4.69, 9.17) is 4.74 Å². The Hall–Kier alpha value is -0.740. The first-order chi connectivity index (χ1) is 8.58. The van der Waals surface area contributed by atoms with Gasteiger partial charge in [0.25, 0.3) is 0 Å². The molecule has 0 aliphatic heterocycles. The number of hydrogen-bond acceptors (Lipinski definition) is 3. The SMILES string of the molecule is CNC(CSCC(C)C)c1cc(F)ccc1OC. The van der Waals surface area contributed by atoms with Gasteiger partial charge in [-0.1, -0.05) is 13.8 Å². The predicted molar refractivity (Wildman–Crippen MR) is 76.9 cm³/mol. The molecule has 2 nitrogen and oxygen atoms in total. The van der Waals surface area contributed by atoms with E-state index >= 15 is 0 Å². The molecule has 1 unspecified atom stereocenters. The second kappa shape index (κ2) is 7.64. The molecule has 102 valence electrons. The normalized spacial score (nSPS) is 12.8. The molecular formula is C14H22FNOS. The Balaban J connectivity index is 2.77. The van der Waals surface area contributed by atoms with Crippen LogP contribution in [-0.2, 0) is 0 Å². The maximum atomic E-state index is 13.3. The van der Waals surface area contributed by atoms with Crippen LogP contribution < -0.4 is 10.1 Å². The van der Waals surface area contributed by atoms with Crippen LogP contribution in [0.15, 0.2) is 18.2 Å². The maximum Gasteiger partial charge on any atom is 0.123 e. The molecule has 0 aliphatic rings. The Kier molecular flexibility index (Phi) is 6.50. The summed E-state index contributed by atoms with van der Waals surface area (Å²) in [6.07, 6.45) is 0. The van der Waals surface area contributed by atoms with Gasteiger partial charge in [-0.25, -0.2) is 4.39 Å². The minimum atomic E-state index is -0.222. The molecule has 0 saturated carbocycles. The summed E-state index contributed by atoms with van der Waals surface area (Å²) < 4.78 is 18.6. The van der Waals surface area contributed by atoms with Gasteiger partial charge in [-0.3, -0.25) is 0 Å². The van der Waals surface area contributed by atoms with Gasteiger partial charge in [0.1, 0.15) is 11.6 Å². The first-order valence-electron chi connectivity index (χ1n) is 6.17. The van der Waals surface area contributed by atoms with Crippen LogP contribution in [0.4, 0.5) is 4.39 Å². The van der Waals surface area contributed by atoms with Crippen molar-refractivity contribution in [3.63, 3.8) is 0 Å². The summed E-state index contributed by atoms with van der Waals surface area (Å²) in [6, 6.07) is 4.77. The van der Waals surface area contributed by atoms with Crippen molar-refractivity contribution in [1.29, 1.82) is 0 Å². The molecule has 1 rings (SSSR count). The molecule has 1 aromatic rings. The largest absolute Gasteiger partial charge is 0.496 e. The summed E-state index contributed by atoms with van der Waals surface area (Å²) in [4.78, 5) is 0. The number of thioether (sulfide) groups is 1. The van der Waals surface area contributed by atoms with Crippen molar-refractivity contribution in [3.05, 3.63) is 29.6 Å². The van der Waals surface area contributed by atoms with Gasteiger partial charge in [-0.2, -0.15) is 11.8 Å². The van der Waals surface area contributed by atoms with Crippen molar-refractivity contribution in [2.75, 3.05) is 25.7 Å². The Morgan fingerprint density at radius 3 is 2.61 bits per heavy atom. The zero-order valence-corrected chi connectivity index (χ0v) is 12.3. The number of ether oxygens (including phenoxy) is 1. The molecule has 4 heteroatoms. The Bertz CT molecular complexity index is 371. The van der Waals surface area contributed by atoms with Gasteiger partial charge in [0, 0.05) is 17.4 Å². The molecular weight excluding hydrogens is 249 g/mol. The highest BCUT2D eigenvalue weighted by molar-refractivity contribution is 7.99. The number of rotatable bonds is 7. The van der Waals surface area contributed by atoms with Crippen LogP contribution in [0.1, 0.15) is 25.5 Å². The van der Waals surface area contributed by atoms with Crippen LogP contribution in [0, 0.1) is 11.7 Å². The summed E-state index contributed by atoms with van der Waals surface area (Å²) >= 11 is 1.87. The third-order valence-electron chi connectivity index (χ3n) is 2.65. The monoisotopic (exact) mass is 271 g/mol. The van der Waals surface area contributed by atoms with Crippen molar-refractivity contribution in [3.8, 4) is 5.75 Å². The van der Waals surface area contributed by atoms with E-state index in [0.717, 1.165) is 22.8 Å². The van der Waals surface area contributed by atoms with Gasteiger partial charge in [0.05, 0.1) is 7.11 Å². The molecule has 1 N–H and O–H groups in total. The fourth-order valence-corrected chi connectivity index (χ4v) is 2.92. The molecule has 0 amide bonds. The summed E-state index contributed by atoms with van der Waals surface area (Å²) in [5.74, 6) is 3.20. The first kappa shape index (κ1) is 15.3. The Morgan fingerprint density at radius 2 is 2.06 bits per heavy atom. The lowest BCUT2D eigenvalue weighted by atomic mass is 10.1. The lowest BCUT2D eigenvalue weighted by molar-refractivity contribution is 0.402. The second-order valence-electron chi connectivity index (χ2n) is 4.66. The lowest BCUT2D eigenvalue weighted by Gasteiger charge is -2.19. The van der Waals surface area contributed by atoms with E-state index in [0.29, 0.717) is 5.92 Å². The van der Waals surface area contributed by atoms with Crippen molar-refractivity contribution < 1.29 is 9.13 Å². The number of hydrogen-bond donors (Lipinski definition) is 1. The van der Waals surface area contributed by atoms with Crippen molar-refractivity contribution in [2.45, 2.75) is 19.9 Å². The average Bonchev–Trinajstić information content (AvgIpc) is 2.34. The van der Waals surface area contributed by atoms with E-state index in [1.807, 2.05) is 18.8 Å². The van der Waals surface area contributed by atoms with Crippen molar-refractivity contribution in [1.82, 2.24) is 5.32 Å². The molecule has 0 bridgehead atoms. The predicted octanol–water partition coefficient (Wildman–Crippen LogP) is 3.48. The highest BCUT2D eigenvalue weighted by atomic mass is 32.2. The van der Waals surface area contributed by atoms with E-state index < -0.39 is 0 Å². The number of benzene rings is 1. The van der Waals surface area contributed by atoms with Gasteiger partial charge in [0.2, 0.25) is 0 Å². The quantitative estimate of drug-likeness (QED) is 0.820. The highest BCUT2D eigenvalue weighted by Gasteiger charge is 2.15. The zero-order chi connectivity index (χ0) is 13.5. The number of halogens is 1. The summed E-state index contributed by atoms with van der Waals surface area (Å²) in [6.45, 7) is 4.40. The molecule has 0 saturated heterocycles. The fraction of sp³-hybridized carbons (Fsp3) is 0.571. The molecule has 0 spiro atoms. The van der Waals surface area contributed by atoms with Crippen LogP contribution in [-0.4, -0.2) is 25.7 Å². The molecule has 0 heterocycles. The molecule has 0 fully saturated rings. The standard InChI is InChI=1S/C14H22FNOS/c1-10(2)8-18-9-13(16-3)12-7-11(15)5-6-14(12)17-4/h5-7,10,13,16H,8-9H2,1-4H3. The topological polar surface area (TPSA) is 21.3 Å².